The Morgan fingerprint density at radius 3 is 2.09 bits per heavy atom. The van der Waals surface area contributed by atoms with Crippen LogP contribution < -0.4 is 24.0 Å². The predicted molar refractivity (Wildman–Crippen MR) is 132 cm³/mol. The number of hydrogen-bond acceptors (Lipinski definition) is 6. The summed E-state index contributed by atoms with van der Waals surface area (Å²) in [5.74, 6) is 3.03. The monoisotopic (exact) mass is 444 g/mol. The van der Waals surface area contributed by atoms with Gasteiger partial charge in [0, 0.05) is 29.7 Å². The number of para-hydroxylation sites is 1. The summed E-state index contributed by atoms with van der Waals surface area (Å²) in [7, 11) is 6.63. The molecular formula is C27H28N2O4. The maximum atomic E-state index is 5.70. The van der Waals surface area contributed by atoms with Gasteiger partial charge in [0.15, 0.2) is 0 Å². The molecule has 0 N–H and O–H groups in total. The first-order valence-electron chi connectivity index (χ1n) is 10.7. The van der Waals surface area contributed by atoms with Crippen molar-refractivity contribution in [1.82, 2.24) is 0 Å². The van der Waals surface area contributed by atoms with Crippen LogP contribution in [0.25, 0.3) is 6.08 Å². The van der Waals surface area contributed by atoms with Crippen LogP contribution in [-0.4, -0.2) is 34.2 Å². The van der Waals surface area contributed by atoms with Crippen LogP contribution >= 0.6 is 0 Å². The van der Waals surface area contributed by atoms with Crippen molar-refractivity contribution in [2.45, 2.75) is 12.5 Å². The van der Waals surface area contributed by atoms with Crippen molar-refractivity contribution in [2.24, 2.45) is 5.10 Å². The number of ether oxygens (including phenoxy) is 4. The summed E-state index contributed by atoms with van der Waals surface area (Å²) in [6, 6.07) is 21.8. The zero-order valence-corrected chi connectivity index (χ0v) is 19.3. The van der Waals surface area contributed by atoms with Crippen LogP contribution in [0.4, 0.5) is 5.69 Å². The summed E-state index contributed by atoms with van der Waals surface area (Å²) in [6.45, 7) is 0. The lowest BCUT2D eigenvalue weighted by molar-refractivity contribution is 0.388. The Labute approximate surface area is 194 Å². The van der Waals surface area contributed by atoms with Crippen molar-refractivity contribution in [3.63, 3.8) is 0 Å². The second-order valence-corrected chi connectivity index (χ2v) is 7.54. The van der Waals surface area contributed by atoms with Gasteiger partial charge in [0.25, 0.3) is 0 Å². The van der Waals surface area contributed by atoms with Crippen LogP contribution in [0.3, 0.4) is 0 Å². The number of benzene rings is 3. The first kappa shape index (κ1) is 22.3. The smallest absolute Gasteiger partial charge is 0.129 e. The average Bonchev–Trinajstić information content (AvgIpc) is 3.31. The van der Waals surface area contributed by atoms with Gasteiger partial charge < -0.3 is 18.9 Å². The molecule has 4 rings (SSSR count). The highest BCUT2D eigenvalue weighted by molar-refractivity contribution is 6.01. The molecule has 170 valence electrons. The lowest BCUT2D eigenvalue weighted by atomic mass is 9.99. The van der Waals surface area contributed by atoms with E-state index in [1.54, 1.807) is 28.4 Å². The second-order valence-electron chi connectivity index (χ2n) is 7.54. The molecule has 0 saturated carbocycles. The fourth-order valence-corrected chi connectivity index (χ4v) is 3.93. The Bertz CT molecular complexity index is 1160. The highest BCUT2D eigenvalue weighted by atomic mass is 16.5. The van der Waals surface area contributed by atoms with E-state index in [1.807, 2.05) is 66.7 Å². The van der Waals surface area contributed by atoms with Gasteiger partial charge in [-0.1, -0.05) is 18.2 Å². The molecule has 0 bridgehead atoms. The van der Waals surface area contributed by atoms with Crippen LogP contribution in [0.1, 0.15) is 23.6 Å². The number of rotatable bonds is 8. The maximum absolute atomic E-state index is 5.70. The average molecular weight is 445 g/mol. The van der Waals surface area contributed by atoms with E-state index in [2.05, 4.69) is 17.1 Å². The van der Waals surface area contributed by atoms with Crippen LogP contribution in [0.15, 0.2) is 77.9 Å². The minimum absolute atomic E-state index is 0.00864. The molecule has 0 saturated heterocycles. The molecule has 6 nitrogen and oxygen atoms in total. The number of anilines is 1. The fourth-order valence-electron chi connectivity index (χ4n) is 3.93. The van der Waals surface area contributed by atoms with Crippen LogP contribution in [-0.2, 0) is 0 Å². The van der Waals surface area contributed by atoms with E-state index in [0.29, 0.717) is 0 Å². The summed E-state index contributed by atoms with van der Waals surface area (Å²) < 4.78 is 21.9. The van der Waals surface area contributed by atoms with E-state index in [1.165, 1.54) is 0 Å². The molecule has 3 aromatic rings. The van der Waals surface area contributed by atoms with Crippen molar-refractivity contribution in [3.8, 4) is 23.0 Å². The SMILES string of the molecule is COc1ccc(/C=C/C2=NN(c3ccccc3)[C@@H](c3ccc(OC)cc3OC)C2)c(OC)c1. The van der Waals surface area contributed by atoms with Gasteiger partial charge in [-0.05, 0) is 48.6 Å². The Balaban J connectivity index is 1.68. The molecule has 33 heavy (non-hydrogen) atoms. The van der Waals surface area contributed by atoms with Gasteiger partial charge in [-0.3, -0.25) is 5.01 Å². The molecule has 1 aliphatic rings. The van der Waals surface area contributed by atoms with E-state index >= 15 is 0 Å². The Morgan fingerprint density at radius 2 is 1.42 bits per heavy atom. The first-order chi connectivity index (χ1) is 16.2. The van der Waals surface area contributed by atoms with Gasteiger partial charge in [0.05, 0.1) is 45.9 Å². The molecule has 6 heteroatoms. The lowest BCUT2D eigenvalue weighted by Crippen LogP contribution is -2.19. The van der Waals surface area contributed by atoms with Crippen molar-refractivity contribution >= 4 is 17.5 Å². The van der Waals surface area contributed by atoms with E-state index < -0.39 is 0 Å². The van der Waals surface area contributed by atoms with Gasteiger partial charge in [-0.25, -0.2) is 0 Å². The quantitative estimate of drug-likeness (QED) is 0.443. The Kier molecular flexibility index (Phi) is 6.83. The van der Waals surface area contributed by atoms with Crippen LogP contribution in [0, 0.1) is 0 Å². The molecular weight excluding hydrogens is 416 g/mol. The topological polar surface area (TPSA) is 52.5 Å². The zero-order chi connectivity index (χ0) is 23.2. The van der Waals surface area contributed by atoms with E-state index in [-0.39, 0.29) is 6.04 Å². The molecule has 0 spiro atoms. The molecule has 1 heterocycles. The highest BCUT2D eigenvalue weighted by Gasteiger charge is 2.30. The largest absolute Gasteiger partial charge is 0.497 e. The van der Waals surface area contributed by atoms with Crippen LogP contribution in [0.2, 0.25) is 0 Å². The number of methoxy groups -OCH3 is 4. The normalized spacial score (nSPS) is 15.5. The third-order valence-electron chi connectivity index (χ3n) is 5.65. The lowest BCUT2D eigenvalue weighted by Gasteiger charge is -2.25. The van der Waals surface area contributed by atoms with Gasteiger partial charge in [0.2, 0.25) is 0 Å². The molecule has 1 atom stereocenters. The number of nitrogens with zero attached hydrogens (tertiary/aromatic N) is 2. The van der Waals surface area contributed by atoms with Gasteiger partial charge >= 0.3 is 0 Å². The summed E-state index contributed by atoms with van der Waals surface area (Å²) in [5, 5.41) is 7.00. The van der Waals surface area contributed by atoms with E-state index in [4.69, 9.17) is 24.0 Å². The van der Waals surface area contributed by atoms with E-state index in [0.717, 1.165) is 51.9 Å². The Morgan fingerprint density at radius 1 is 0.758 bits per heavy atom. The van der Waals surface area contributed by atoms with Gasteiger partial charge in [-0.15, -0.1) is 0 Å². The maximum Gasteiger partial charge on any atom is 0.129 e. The summed E-state index contributed by atoms with van der Waals surface area (Å²) in [4.78, 5) is 0. The molecule has 3 aromatic carbocycles. The molecule has 0 fully saturated rings. The first-order valence-corrected chi connectivity index (χ1v) is 10.7. The summed E-state index contributed by atoms with van der Waals surface area (Å²) >= 11 is 0. The van der Waals surface area contributed by atoms with Crippen LogP contribution in [0.5, 0.6) is 23.0 Å². The fraction of sp³-hybridized carbons (Fsp3) is 0.222. The third-order valence-corrected chi connectivity index (χ3v) is 5.65. The third kappa shape index (κ3) is 4.80. The Hall–Kier alpha value is -3.93. The van der Waals surface area contributed by atoms with E-state index in [9.17, 15) is 0 Å². The summed E-state index contributed by atoms with van der Waals surface area (Å²) in [5.41, 5.74) is 3.99. The van der Waals surface area contributed by atoms with Crippen molar-refractivity contribution in [3.05, 3.63) is 83.9 Å². The number of allylic oxidation sites excluding steroid dienone is 1. The summed E-state index contributed by atoms with van der Waals surface area (Å²) in [6.07, 6.45) is 4.79. The van der Waals surface area contributed by atoms with Crippen molar-refractivity contribution < 1.29 is 18.9 Å². The molecule has 1 aliphatic heterocycles. The molecule has 0 amide bonds. The number of hydrazone groups is 1. The van der Waals surface area contributed by atoms with Gasteiger partial charge in [0.1, 0.15) is 23.0 Å². The molecule has 0 radical (unpaired) electrons. The highest BCUT2D eigenvalue weighted by Crippen LogP contribution is 2.40. The zero-order valence-electron chi connectivity index (χ0n) is 19.3. The molecule has 0 aliphatic carbocycles. The second kappa shape index (κ2) is 10.1. The standard InChI is InChI=1S/C27H28N2O4/c1-30-22-13-11-19(26(17-22)32-3)10-12-20-16-25(29(28-20)21-8-6-5-7-9-21)24-15-14-23(31-2)18-27(24)33-4/h5-15,17-18,25H,16H2,1-4H3/b12-10+/t25-/m1/s1. The minimum atomic E-state index is -0.00864. The van der Waals surface area contributed by atoms with Crippen molar-refractivity contribution in [1.29, 1.82) is 0 Å². The molecule has 0 unspecified atom stereocenters. The number of hydrogen-bond donors (Lipinski definition) is 0. The minimum Gasteiger partial charge on any atom is -0.497 e. The van der Waals surface area contributed by atoms with Gasteiger partial charge in [-0.2, -0.15) is 5.10 Å². The van der Waals surface area contributed by atoms with Crippen molar-refractivity contribution in [2.75, 3.05) is 33.4 Å². The predicted octanol–water partition coefficient (Wildman–Crippen LogP) is 5.74. The molecule has 0 aromatic heterocycles.